The first-order valence-electron chi connectivity index (χ1n) is 3.87. The van der Waals surface area contributed by atoms with E-state index < -0.39 is 0 Å². The van der Waals surface area contributed by atoms with E-state index in [1.54, 1.807) is 0 Å². The first-order chi connectivity index (χ1) is 4.26. The third-order valence-corrected chi connectivity index (χ3v) is 2.14. The third-order valence-electron chi connectivity index (χ3n) is 2.14. The first kappa shape index (κ1) is 8.96. The summed E-state index contributed by atoms with van der Waals surface area (Å²) in [6.45, 7) is 6.81. The highest BCUT2D eigenvalue weighted by molar-refractivity contribution is 4.61. The predicted octanol–water partition coefficient (Wildman–Crippen LogP) is 2.05. The smallest absolute Gasteiger partial charge is 0.0459 e. The summed E-state index contributed by atoms with van der Waals surface area (Å²) in [5.74, 6) is 1.20. The molecule has 0 saturated heterocycles. The van der Waals surface area contributed by atoms with Crippen molar-refractivity contribution in [1.82, 2.24) is 0 Å². The van der Waals surface area contributed by atoms with Crippen LogP contribution in [-0.2, 0) is 0 Å². The zero-order valence-electron chi connectivity index (χ0n) is 6.72. The second kappa shape index (κ2) is 4.80. The molecule has 0 bridgehead atoms. The van der Waals surface area contributed by atoms with Crippen LogP contribution >= 0.6 is 0 Å². The van der Waals surface area contributed by atoms with Crippen molar-refractivity contribution >= 4 is 0 Å². The monoisotopic (exact) mass is 130 g/mol. The number of rotatable bonds is 4. The summed E-state index contributed by atoms with van der Waals surface area (Å²) < 4.78 is 0. The standard InChI is InChI=1S/C8H18O/c1-4-8(5-2)7(3)6-9/h7-9H,4-6H2,1-3H3/t7-/m1/s1. The van der Waals surface area contributed by atoms with E-state index in [0.29, 0.717) is 12.5 Å². The predicted molar refractivity (Wildman–Crippen MR) is 40.3 cm³/mol. The van der Waals surface area contributed by atoms with Gasteiger partial charge in [-0.3, -0.25) is 0 Å². The summed E-state index contributed by atoms with van der Waals surface area (Å²) in [7, 11) is 0. The van der Waals surface area contributed by atoms with Gasteiger partial charge in [0, 0.05) is 6.61 Å². The van der Waals surface area contributed by atoms with E-state index in [-0.39, 0.29) is 0 Å². The molecule has 0 radical (unpaired) electrons. The Morgan fingerprint density at radius 1 is 1.22 bits per heavy atom. The molecule has 9 heavy (non-hydrogen) atoms. The van der Waals surface area contributed by atoms with Crippen molar-refractivity contribution in [2.45, 2.75) is 33.6 Å². The van der Waals surface area contributed by atoms with Gasteiger partial charge < -0.3 is 5.11 Å². The summed E-state index contributed by atoms with van der Waals surface area (Å²) in [5, 5.41) is 8.77. The average molecular weight is 130 g/mol. The molecule has 0 unspecified atom stereocenters. The van der Waals surface area contributed by atoms with Gasteiger partial charge >= 0.3 is 0 Å². The molecule has 0 aliphatic rings. The van der Waals surface area contributed by atoms with Gasteiger partial charge in [-0.05, 0) is 11.8 Å². The minimum Gasteiger partial charge on any atom is -0.396 e. The lowest BCUT2D eigenvalue weighted by Crippen LogP contribution is -2.13. The normalized spacial score (nSPS) is 14.3. The lowest BCUT2D eigenvalue weighted by molar-refractivity contribution is 0.182. The number of hydrogen-bond donors (Lipinski definition) is 1. The van der Waals surface area contributed by atoms with E-state index in [2.05, 4.69) is 20.8 Å². The fourth-order valence-electron chi connectivity index (χ4n) is 1.24. The lowest BCUT2D eigenvalue weighted by atomic mass is 9.90. The molecule has 0 saturated carbocycles. The van der Waals surface area contributed by atoms with Gasteiger partial charge in [-0.15, -0.1) is 0 Å². The number of hydrogen-bond acceptors (Lipinski definition) is 1. The highest BCUT2D eigenvalue weighted by Crippen LogP contribution is 2.17. The van der Waals surface area contributed by atoms with Crippen LogP contribution in [0.5, 0.6) is 0 Å². The SMILES string of the molecule is CCC(CC)[C@H](C)CO. The van der Waals surface area contributed by atoms with Crippen molar-refractivity contribution < 1.29 is 5.11 Å². The molecule has 1 N–H and O–H groups in total. The van der Waals surface area contributed by atoms with Gasteiger partial charge in [0.2, 0.25) is 0 Å². The maximum absolute atomic E-state index is 8.77. The molecule has 0 fully saturated rings. The zero-order valence-corrected chi connectivity index (χ0v) is 6.72. The fraction of sp³-hybridized carbons (Fsp3) is 1.00. The Hall–Kier alpha value is -0.0400. The Labute approximate surface area is 58.1 Å². The molecule has 56 valence electrons. The minimum atomic E-state index is 0.340. The maximum atomic E-state index is 8.77. The van der Waals surface area contributed by atoms with Crippen LogP contribution in [0.1, 0.15) is 33.6 Å². The van der Waals surface area contributed by atoms with E-state index in [1.165, 1.54) is 12.8 Å². The molecule has 0 amide bonds. The summed E-state index contributed by atoms with van der Waals surface area (Å²) in [5.41, 5.74) is 0. The van der Waals surface area contributed by atoms with Crippen LogP contribution in [0.2, 0.25) is 0 Å². The molecule has 0 heterocycles. The van der Waals surface area contributed by atoms with E-state index in [1.807, 2.05) is 0 Å². The molecule has 0 spiro atoms. The van der Waals surface area contributed by atoms with E-state index in [9.17, 15) is 0 Å². The van der Waals surface area contributed by atoms with Gasteiger partial charge in [-0.2, -0.15) is 0 Å². The van der Waals surface area contributed by atoms with Crippen molar-refractivity contribution in [3.8, 4) is 0 Å². The number of aliphatic hydroxyl groups is 1. The lowest BCUT2D eigenvalue weighted by Gasteiger charge is -2.17. The largest absolute Gasteiger partial charge is 0.396 e. The molecule has 1 nitrogen and oxygen atoms in total. The summed E-state index contributed by atoms with van der Waals surface area (Å²) in [6.07, 6.45) is 2.39. The fourth-order valence-corrected chi connectivity index (χ4v) is 1.24. The van der Waals surface area contributed by atoms with E-state index in [0.717, 1.165) is 5.92 Å². The molecule has 0 rings (SSSR count). The molecule has 1 heteroatoms. The van der Waals surface area contributed by atoms with Crippen LogP contribution in [0, 0.1) is 11.8 Å². The van der Waals surface area contributed by atoms with Gasteiger partial charge in [-0.1, -0.05) is 33.6 Å². The molecule has 0 aromatic rings. The summed E-state index contributed by atoms with van der Waals surface area (Å²) in [6, 6.07) is 0. The molecular weight excluding hydrogens is 112 g/mol. The van der Waals surface area contributed by atoms with Crippen molar-refractivity contribution in [2.24, 2.45) is 11.8 Å². The van der Waals surface area contributed by atoms with Crippen molar-refractivity contribution in [3.05, 3.63) is 0 Å². The number of aliphatic hydroxyl groups excluding tert-OH is 1. The Balaban J connectivity index is 3.50. The van der Waals surface area contributed by atoms with Crippen LogP contribution in [0.3, 0.4) is 0 Å². The van der Waals surface area contributed by atoms with Crippen molar-refractivity contribution in [3.63, 3.8) is 0 Å². The Bertz CT molecular complexity index is 57.6. The molecule has 0 aliphatic heterocycles. The maximum Gasteiger partial charge on any atom is 0.0459 e. The van der Waals surface area contributed by atoms with Crippen molar-refractivity contribution in [1.29, 1.82) is 0 Å². The van der Waals surface area contributed by atoms with Gasteiger partial charge in [-0.25, -0.2) is 0 Å². The zero-order chi connectivity index (χ0) is 7.28. The van der Waals surface area contributed by atoms with Crippen LogP contribution in [0.4, 0.5) is 0 Å². The van der Waals surface area contributed by atoms with Crippen LogP contribution in [0.25, 0.3) is 0 Å². The van der Waals surface area contributed by atoms with Crippen LogP contribution in [-0.4, -0.2) is 11.7 Å². The van der Waals surface area contributed by atoms with Gasteiger partial charge in [0.05, 0.1) is 0 Å². The first-order valence-corrected chi connectivity index (χ1v) is 3.87. The van der Waals surface area contributed by atoms with E-state index in [4.69, 9.17) is 5.11 Å². The van der Waals surface area contributed by atoms with Crippen molar-refractivity contribution in [2.75, 3.05) is 6.61 Å². The molecule has 0 aromatic carbocycles. The highest BCUT2D eigenvalue weighted by Gasteiger charge is 2.10. The van der Waals surface area contributed by atoms with Gasteiger partial charge in [0.1, 0.15) is 0 Å². The second-order valence-corrected chi connectivity index (χ2v) is 2.74. The summed E-state index contributed by atoms with van der Waals surface area (Å²) >= 11 is 0. The van der Waals surface area contributed by atoms with Crippen LogP contribution < -0.4 is 0 Å². The Kier molecular flexibility index (Phi) is 4.78. The Morgan fingerprint density at radius 2 is 1.67 bits per heavy atom. The quantitative estimate of drug-likeness (QED) is 0.617. The highest BCUT2D eigenvalue weighted by atomic mass is 16.3. The van der Waals surface area contributed by atoms with Gasteiger partial charge in [0.15, 0.2) is 0 Å². The molecular formula is C8H18O. The third kappa shape index (κ3) is 2.85. The average Bonchev–Trinajstić information content (AvgIpc) is 1.90. The topological polar surface area (TPSA) is 20.2 Å². The molecule has 0 aliphatic carbocycles. The summed E-state index contributed by atoms with van der Waals surface area (Å²) in [4.78, 5) is 0. The Morgan fingerprint density at radius 3 is 1.78 bits per heavy atom. The minimum absolute atomic E-state index is 0.340. The molecule has 0 aromatic heterocycles. The molecule has 1 atom stereocenters. The van der Waals surface area contributed by atoms with Crippen LogP contribution in [0.15, 0.2) is 0 Å². The van der Waals surface area contributed by atoms with E-state index >= 15 is 0 Å². The second-order valence-electron chi connectivity index (χ2n) is 2.74. The van der Waals surface area contributed by atoms with Gasteiger partial charge in [0.25, 0.3) is 0 Å².